The summed E-state index contributed by atoms with van der Waals surface area (Å²) in [7, 11) is 0. The summed E-state index contributed by atoms with van der Waals surface area (Å²) >= 11 is 0. The van der Waals surface area contributed by atoms with Crippen molar-refractivity contribution in [3.63, 3.8) is 0 Å². The van der Waals surface area contributed by atoms with Gasteiger partial charge in [-0.25, -0.2) is 0 Å². The number of nitriles is 2. The molecule has 8 rings (SSSR count). The van der Waals surface area contributed by atoms with Crippen LogP contribution >= 0.6 is 0 Å². The standard InChI is InChI=1S/2C18H19N7O/c2*19-7-5-15(12-3-1-2-4-12)25-10-13(9-22-25)16-14-6-8-20-17(14)23-24-18(16)21-11-26/h2*6,8-12,15H,1-5H2,(H,20,23)(H,21,24,26)/t2*15-/m10/s1. The van der Waals surface area contributed by atoms with Crippen LogP contribution in [0.15, 0.2) is 49.3 Å². The highest BCUT2D eigenvalue weighted by molar-refractivity contribution is 6.00. The van der Waals surface area contributed by atoms with Crippen LogP contribution in [0.2, 0.25) is 0 Å². The summed E-state index contributed by atoms with van der Waals surface area (Å²) in [6, 6.07) is 8.56. The summed E-state index contributed by atoms with van der Waals surface area (Å²) in [5.74, 6) is 1.75. The van der Waals surface area contributed by atoms with E-state index in [1.807, 2.05) is 33.9 Å². The van der Waals surface area contributed by atoms with Gasteiger partial charge >= 0.3 is 0 Å². The average Bonchev–Trinajstić information content (AvgIpc) is 4.01. The molecular formula is C36H38N14O2. The number of nitrogens with one attached hydrogen (secondary N) is 4. The largest absolute Gasteiger partial charge is 0.345 e. The van der Waals surface area contributed by atoms with Gasteiger partial charge in [-0.1, -0.05) is 25.7 Å². The lowest BCUT2D eigenvalue weighted by atomic mass is 9.96. The molecule has 0 unspecified atom stereocenters. The fraction of sp³-hybridized carbons (Fsp3) is 0.389. The molecule has 16 nitrogen and oxygen atoms in total. The molecule has 6 aromatic heterocycles. The van der Waals surface area contributed by atoms with Crippen molar-refractivity contribution in [2.45, 2.75) is 76.3 Å². The van der Waals surface area contributed by atoms with Gasteiger partial charge in [0.15, 0.2) is 22.9 Å². The predicted octanol–water partition coefficient (Wildman–Crippen LogP) is 6.07. The van der Waals surface area contributed by atoms with E-state index in [4.69, 9.17) is 0 Å². The molecule has 0 saturated heterocycles. The Hall–Kier alpha value is -6.42. The summed E-state index contributed by atoms with van der Waals surface area (Å²) in [5, 5.41) is 50.9. The topological polar surface area (TPSA) is 225 Å². The van der Waals surface area contributed by atoms with E-state index in [1.165, 1.54) is 25.7 Å². The van der Waals surface area contributed by atoms with Gasteiger partial charge in [-0.2, -0.15) is 20.7 Å². The Morgan fingerprint density at radius 1 is 0.712 bits per heavy atom. The van der Waals surface area contributed by atoms with Gasteiger partial charge in [0.1, 0.15) is 0 Å². The minimum atomic E-state index is 0.0789. The van der Waals surface area contributed by atoms with Crippen LogP contribution in [0, 0.1) is 34.5 Å². The molecule has 2 amide bonds. The molecule has 4 N–H and O–H groups in total. The lowest BCUT2D eigenvalue weighted by Crippen LogP contribution is -2.17. The van der Waals surface area contributed by atoms with Crippen LogP contribution < -0.4 is 10.6 Å². The molecule has 264 valence electrons. The summed E-state index contributed by atoms with van der Waals surface area (Å²) in [6.07, 6.45) is 22.5. The van der Waals surface area contributed by atoms with Gasteiger partial charge in [0.25, 0.3) is 0 Å². The van der Waals surface area contributed by atoms with Gasteiger partial charge in [-0.3, -0.25) is 19.0 Å². The Bertz CT molecular complexity index is 2080. The number of aromatic amines is 2. The van der Waals surface area contributed by atoms with Crippen LogP contribution in [-0.4, -0.2) is 62.7 Å². The van der Waals surface area contributed by atoms with E-state index in [0.29, 0.717) is 60.4 Å². The second-order valence-electron chi connectivity index (χ2n) is 13.2. The van der Waals surface area contributed by atoms with Crippen molar-refractivity contribution in [1.82, 2.24) is 49.9 Å². The zero-order valence-electron chi connectivity index (χ0n) is 28.4. The number of fused-ring (bicyclic) bond motifs is 2. The van der Waals surface area contributed by atoms with E-state index >= 15 is 0 Å². The summed E-state index contributed by atoms with van der Waals surface area (Å²) in [6.45, 7) is 0. The predicted molar refractivity (Wildman–Crippen MR) is 192 cm³/mol. The number of aromatic nitrogens is 10. The first-order valence-corrected chi connectivity index (χ1v) is 17.5. The molecule has 2 saturated carbocycles. The number of rotatable bonds is 12. The zero-order valence-corrected chi connectivity index (χ0v) is 28.4. The zero-order chi connectivity index (χ0) is 35.9. The van der Waals surface area contributed by atoms with E-state index < -0.39 is 0 Å². The SMILES string of the molecule is N#CC[C@@H](C1CCCC1)n1cc(-c2c(NC=O)nnc3[nH]ccc23)cn1.N#CC[C@H](C1CCCC1)n1cc(-c2c(NC=O)nnc3[nH]ccc23)cn1. The smallest absolute Gasteiger partial charge is 0.212 e. The molecule has 0 aliphatic heterocycles. The Kier molecular flexibility index (Phi) is 10.2. The lowest BCUT2D eigenvalue weighted by molar-refractivity contribution is -0.106. The molecule has 2 fully saturated rings. The molecule has 0 spiro atoms. The van der Waals surface area contributed by atoms with Gasteiger partial charge in [0.05, 0.1) is 49.5 Å². The fourth-order valence-corrected chi connectivity index (χ4v) is 7.86. The van der Waals surface area contributed by atoms with Gasteiger partial charge in [0.2, 0.25) is 12.8 Å². The molecule has 2 aliphatic carbocycles. The third-order valence-corrected chi connectivity index (χ3v) is 10.3. The molecule has 0 aromatic carbocycles. The van der Waals surface area contributed by atoms with E-state index in [1.54, 1.807) is 24.8 Å². The maximum Gasteiger partial charge on any atom is 0.212 e. The van der Waals surface area contributed by atoms with Crippen molar-refractivity contribution in [3.8, 4) is 34.4 Å². The van der Waals surface area contributed by atoms with Crippen LogP contribution in [0.3, 0.4) is 0 Å². The number of carbonyl (C=O) groups excluding carboxylic acids is 2. The van der Waals surface area contributed by atoms with Crippen LogP contribution in [0.25, 0.3) is 44.3 Å². The number of hydrogen-bond donors (Lipinski definition) is 4. The van der Waals surface area contributed by atoms with Gasteiger partial charge < -0.3 is 20.6 Å². The average molecular weight is 699 g/mol. The minimum absolute atomic E-state index is 0.0789. The van der Waals surface area contributed by atoms with Gasteiger partial charge in [0, 0.05) is 57.8 Å². The Morgan fingerprint density at radius 2 is 1.13 bits per heavy atom. The van der Waals surface area contributed by atoms with E-state index in [9.17, 15) is 20.1 Å². The van der Waals surface area contributed by atoms with E-state index in [2.05, 4.69) is 63.3 Å². The fourth-order valence-electron chi connectivity index (χ4n) is 7.86. The highest BCUT2D eigenvalue weighted by atomic mass is 16.1. The second kappa shape index (κ2) is 15.6. The van der Waals surface area contributed by atoms with Crippen molar-refractivity contribution >= 4 is 46.5 Å². The number of carbonyl (C=O) groups is 2. The first kappa shape index (κ1) is 34.0. The number of hydrogen-bond acceptors (Lipinski definition) is 10. The molecule has 6 aromatic rings. The van der Waals surface area contributed by atoms with E-state index in [0.717, 1.165) is 58.7 Å². The number of nitrogens with zero attached hydrogens (tertiary/aromatic N) is 10. The normalized spacial score (nSPS) is 15.8. The molecule has 16 heteroatoms. The highest BCUT2D eigenvalue weighted by Gasteiger charge is 2.29. The minimum Gasteiger partial charge on any atom is -0.345 e. The highest BCUT2D eigenvalue weighted by Crippen LogP contribution is 2.39. The Labute approximate surface area is 298 Å². The van der Waals surface area contributed by atoms with E-state index in [-0.39, 0.29) is 12.1 Å². The van der Waals surface area contributed by atoms with Crippen molar-refractivity contribution in [3.05, 3.63) is 49.3 Å². The molecule has 0 bridgehead atoms. The van der Waals surface area contributed by atoms with Gasteiger partial charge in [-0.15, -0.1) is 20.4 Å². The summed E-state index contributed by atoms with van der Waals surface area (Å²) in [4.78, 5) is 28.0. The second-order valence-corrected chi connectivity index (χ2v) is 13.2. The first-order chi connectivity index (χ1) is 25.6. The van der Waals surface area contributed by atoms with Crippen molar-refractivity contribution in [2.75, 3.05) is 10.6 Å². The van der Waals surface area contributed by atoms with Crippen LogP contribution in [0.4, 0.5) is 11.6 Å². The van der Waals surface area contributed by atoms with Crippen LogP contribution in [0.5, 0.6) is 0 Å². The van der Waals surface area contributed by atoms with Crippen molar-refractivity contribution in [2.24, 2.45) is 11.8 Å². The molecule has 2 aliphatic rings. The quantitative estimate of drug-likeness (QED) is 0.108. The lowest BCUT2D eigenvalue weighted by Gasteiger charge is -2.21. The molecule has 0 radical (unpaired) electrons. The number of H-pyrrole nitrogens is 2. The maximum atomic E-state index is 11.0. The third kappa shape index (κ3) is 6.83. The molecular weight excluding hydrogens is 660 g/mol. The summed E-state index contributed by atoms with van der Waals surface area (Å²) < 4.78 is 3.80. The molecule has 2 atom stereocenters. The van der Waals surface area contributed by atoms with Crippen molar-refractivity contribution in [1.29, 1.82) is 10.5 Å². The van der Waals surface area contributed by atoms with Gasteiger partial charge in [-0.05, 0) is 49.7 Å². The first-order valence-electron chi connectivity index (χ1n) is 17.5. The number of amides is 2. The molecule has 52 heavy (non-hydrogen) atoms. The third-order valence-electron chi connectivity index (χ3n) is 10.3. The van der Waals surface area contributed by atoms with Crippen molar-refractivity contribution < 1.29 is 9.59 Å². The summed E-state index contributed by atoms with van der Waals surface area (Å²) in [5.41, 5.74) is 4.53. The Morgan fingerprint density at radius 3 is 1.52 bits per heavy atom. The molecule has 6 heterocycles. The Balaban J connectivity index is 0.000000162. The van der Waals surface area contributed by atoms with Crippen LogP contribution in [0.1, 0.15) is 76.3 Å². The number of anilines is 2. The van der Waals surface area contributed by atoms with Crippen LogP contribution in [-0.2, 0) is 9.59 Å². The monoisotopic (exact) mass is 698 g/mol. The maximum absolute atomic E-state index is 11.0.